The minimum Gasteiger partial charge on any atom is -0.495 e. The van der Waals surface area contributed by atoms with Crippen molar-refractivity contribution >= 4 is 10.0 Å². The highest BCUT2D eigenvalue weighted by atomic mass is 32.2. The molecule has 0 amide bonds. The quantitative estimate of drug-likeness (QED) is 0.816. The molecule has 0 radical (unpaired) electrons. The molecule has 94 valence electrons. The fraction of sp³-hybridized carbons (Fsp3) is 0.333. The van der Waals surface area contributed by atoms with Gasteiger partial charge in [0.1, 0.15) is 10.6 Å². The molecule has 0 aromatic heterocycles. The highest BCUT2D eigenvalue weighted by Gasteiger charge is 2.20. The Morgan fingerprint density at radius 3 is 2.59 bits per heavy atom. The summed E-state index contributed by atoms with van der Waals surface area (Å²) < 4.78 is 31.7. The van der Waals surface area contributed by atoms with Crippen molar-refractivity contribution in [2.24, 2.45) is 0 Å². The topological polar surface area (TPSA) is 55.4 Å². The molecule has 1 aromatic rings. The van der Waals surface area contributed by atoms with E-state index < -0.39 is 10.0 Å². The first kappa shape index (κ1) is 13.7. The molecule has 0 aliphatic heterocycles. The third kappa shape index (κ3) is 3.08. The Morgan fingerprint density at radius 2 is 2.06 bits per heavy atom. The maximum Gasteiger partial charge on any atom is 0.244 e. The fourth-order valence-corrected chi connectivity index (χ4v) is 2.95. The van der Waals surface area contributed by atoms with Gasteiger partial charge in [-0.25, -0.2) is 13.1 Å². The number of nitrogens with one attached hydrogen (secondary N) is 1. The molecule has 0 spiro atoms. The first-order valence-electron chi connectivity index (χ1n) is 5.18. The molecule has 4 nitrogen and oxygen atoms in total. The third-order valence-electron chi connectivity index (χ3n) is 2.30. The SMILES string of the molecule is C=CCNS(=O)(=O)c1cc(C)cc(C)c1OC. The maximum absolute atomic E-state index is 12.0. The van der Waals surface area contributed by atoms with E-state index in [0.717, 1.165) is 11.1 Å². The molecular formula is C12H17NO3S. The largest absolute Gasteiger partial charge is 0.495 e. The molecule has 0 unspecified atom stereocenters. The summed E-state index contributed by atoms with van der Waals surface area (Å²) in [6.07, 6.45) is 1.49. The summed E-state index contributed by atoms with van der Waals surface area (Å²) in [5, 5.41) is 0. The molecule has 0 fully saturated rings. The first-order chi connectivity index (χ1) is 7.92. The molecule has 0 bridgehead atoms. The van der Waals surface area contributed by atoms with Crippen LogP contribution in [0, 0.1) is 13.8 Å². The van der Waals surface area contributed by atoms with E-state index in [1.807, 2.05) is 19.9 Å². The van der Waals surface area contributed by atoms with Crippen LogP contribution in [-0.4, -0.2) is 22.1 Å². The molecule has 17 heavy (non-hydrogen) atoms. The monoisotopic (exact) mass is 255 g/mol. The lowest BCUT2D eigenvalue weighted by Gasteiger charge is -2.13. The average molecular weight is 255 g/mol. The molecule has 5 heteroatoms. The number of methoxy groups -OCH3 is 1. The standard InChI is InChI=1S/C12H17NO3S/c1-5-6-13-17(14,15)11-8-9(2)7-10(3)12(11)16-4/h5,7-8,13H,1,6H2,2-4H3. The first-order valence-corrected chi connectivity index (χ1v) is 6.66. The van der Waals surface area contributed by atoms with Crippen LogP contribution in [-0.2, 0) is 10.0 Å². The van der Waals surface area contributed by atoms with E-state index in [9.17, 15) is 8.42 Å². The second kappa shape index (κ2) is 5.33. The van der Waals surface area contributed by atoms with Crippen LogP contribution in [0.3, 0.4) is 0 Å². The molecule has 1 aromatic carbocycles. The van der Waals surface area contributed by atoms with E-state index in [0.29, 0.717) is 5.75 Å². The van der Waals surface area contributed by atoms with Crippen LogP contribution in [0.5, 0.6) is 5.75 Å². The molecule has 0 saturated carbocycles. The average Bonchev–Trinajstić information content (AvgIpc) is 2.25. The van der Waals surface area contributed by atoms with Gasteiger partial charge in [-0.1, -0.05) is 12.1 Å². The fourth-order valence-electron chi connectivity index (χ4n) is 1.62. The van der Waals surface area contributed by atoms with Crippen molar-refractivity contribution in [3.8, 4) is 5.75 Å². The predicted octanol–water partition coefficient (Wildman–Crippen LogP) is 1.78. The van der Waals surface area contributed by atoms with Gasteiger partial charge in [0.05, 0.1) is 7.11 Å². The highest BCUT2D eigenvalue weighted by Crippen LogP contribution is 2.28. The van der Waals surface area contributed by atoms with Gasteiger partial charge in [0, 0.05) is 6.54 Å². The van der Waals surface area contributed by atoms with Crippen LogP contribution in [0.4, 0.5) is 0 Å². The summed E-state index contributed by atoms with van der Waals surface area (Å²) in [6.45, 7) is 7.33. The lowest BCUT2D eigenvalue weighted by molar-refractivity contribution is 0.399. The van der Waals surface area contributed by atoms with E-state index in [4.69, 9.17) is 4.74 Å². The normalized spacial score (nSPS) is 11.2. The molecule has 0 saturated heterocycles. The van der Waals surface area contributed by atoms with Crippen molar-refractivity contribution in [2.45, 2.75) is 18.7 Å². The summed E-state index contributed by atoms with van der Waals surface area (Å²) >= 11 is 0. The summed E-state index contributed by atoms with van der Waals surface area (Å²) in [5.41, 5.74) is 1.67. The highest BCUT2D eigenvalue weighted by molar-refractivity contribution is 7.89. The van der Waals surface area contributed by atoms with Crippen LogP contribution in [0.2, 0.25) is 0 Å². The Hall–Kier alpha value is -1.33. The van der Waals surface area contributed by atoms with Gasteiger partial charge in [-0.15, -0.1) is 6.58 Å². The van der Waals surface area contributed by atoms with Gasteiger partial charge in [0.25, 0.3) is 0 Å². The van der Waals surface area contributed by atoms with Crippen LogP contribution in [0.15, 0.2) is 29.7 Å². The van der Waals surface area contributed by atoms with Crippen molar-refractivity contribution in [3.05, 3.63) is 35.9 Å². The number of ether oxygens (including phenoxy) is 1. The van der Waals surface area contributed by atoms with E-state index in [1.165, 1.54) is 13.2 Å². The van der Waals surface area contributed by atoms with Crippen molar-refractivity contribution in [2.75, 3.05) is 13.7 Å². The Morgan fingerprint density at radius 1 is 1.41 bits per heavy atom. The number of rotatable bonds is 5. The lowest BCUT2D eigenvalue weighted by atomic mass is 10.1. The van der Waals surface area contributed by atoms with Gasteiger partial charge in [-0.2, -0.15) is 0 Å². The van der Waals surface area contributed by atoms with Crippen LogP contribution in [0.25, 0.3) is 0 Å². The lowest BCUT2D eigenvalue weighted by Crippen LogP contribution is -2.24. The minimum absolute atomic E-state index is 0.166. The zero-order valence-corrected chi connectivity index (χ0v) is 11.1. The zero-order valence-electron chi connectivity index (χ0n) is 10.3. The van der Waals surface area contributed by atoms with Crippen molar-refractivity contribution < 1.29 is 13.2 Å². The van der Waals surface area contributed by atoms with Gasteiger partial charge in [0.15, 0.2) is 0 Å². The van der Waals surface area contributed by atoms with Crippen molar-refractivity contribution in [1.82, 2.24) is 4.72 Å². The van der Waals surface area contributed by atoms with Crippen LogP contribution < -0.4 is 9.46 Å². The Labute approximate surface area is 102 Å². The van der Waals surface area contributed by atoms with Crippen LogP contribution in [0.1, 0.15) is 11.1 Å². The zero-order chi connectivity index (χ0) is 13.1. The van der Waals surface area contributed by atoms with Crippen molar-refractivity contribution in [3.63, 3.8) is 0 Å². The molecule has 1 rings (SSSR count). The Kier molecular flexibility index (Phi) is 4.31. The van der Waals surface area contributed by atoms with E-state index in [-0.39, 0.29) is 11.4 Å². The second-order valence-electron chi connectivity index (χ2n) is 3.75. The second-order valence-corrected chi connectivity index (χ2v) is 5.49. The van der Waals surface area contributed by atoms with E-state index >= 15 is 0 Å². The molecule has 0 heterocycles. The Bertz CT molecular complexity index is 521. The van der Waals surface area contributed by atoms with Gasteiger partial charge in [0.2, 0.25) is 10.0 Å². The molecule has 1 N–H and O–H groups in total. The van der Waals surface area contributed by atoms with Gasteiger partial charge in [-0.05, 0) is 31.0 Å². The van der Waals surface area contributed by atoms with E-state index in [2.05, 4.69) is 11.3 Å². The number of hydrogen-bond acceptors (Lipinski definition) is 3. The van der Waals surface area contributed by atoms with Crippen molar-refractivity contribution in [1.29, 1.82) is 0 Å². The van der Waals surface area contributed by atoms with E-state index in [1.54, 1.807) is 6.07 Å². The molecule has 0 atom stereocenters. The predicted molar refractivity (Wildman–Crippen MR) is 67.9 cm³/mol. The summed E-state index contributed by atoms with van der Waals surface area (Å²) in [4.78, 5) is 0.166. The minimum atomic E-state index is -3.56. The summed E-state index contributed by atoms with van der Waals surface area (Å²) in [6, 6.07) is 3.47. The number of benzene rings is 1. The summed E-state index contributed by atoms with van der Waals surface area (Å²) in [5.74, 6) is 0.382. The van der Waals surface area contributed by atoms with Gasteiger partial charge >= 0.3 is 0 Å². The number of hydrogen-bond donors (Lipinski definition) is 1. The third-order valence-corrected chi connectivity index (χ3v) is 3.73. The maximum atomic E-state index is 12.0. The molecule has 0 aliphatic carbocycles. The van der Waals surface area contributed by atoms with Gasteiger partial charge in [-0.3, -0.25) is 0 Å². The molecule has 0 aliphatic rings. The van der Waals surface area contributed by atoms with Gasteiger partial charge < -0.3 is 4.74 Å². The Balaban J connectivity index is 3.34. The number of sulfonamides is 1. The van der Waals surface area contributed by atoms with Crippen LogP contribution >= 0.6 is 0 Å². The molecular weight excluding hydrogens is 238 g/mol. The smallest absolute Gasteiger partial charge is 0.244 e. The number of aryl methyl sites for hydroxylation is 2. The summed E-state index contributed by atoms with van der Waals surface area (Å²) in [7, 11) is -2.09.